The molecule has 0 atom stereocenters. The smallest absolute Gasteiger partial charge is 0.219 e. The van der Waals surface area contributed by atoms with E-state index in [1.165, 1.54) is 12.3 Å². The second-order valence-corrected chi connectivity index (χ2v) is 4.55. The lowest BCUT2D eigenvalue weighted by Gasteiger charge is -2.12. The number of hydrogen-bond donors (Lipinski definition) is 0. The molecule has 0 bridgehead atoms. The average Bonchev–Trinajstić information content (AvgIpc) is 2.62. The van der Waals surface area contributed by atoms with E-state index < -0.39 is 11.7 Å². The fourth-order valence-electron chi connectivity index (χ4n) is 1.38. The van der Waals surface area contributed by atoms with Crippen molar-refractivity contribution in [1.29, 1.82) is 0 Å². The Hall–Kier alpha value is -0.910. The Morgan fingerprint density at radius 3 is 2.00 bits per heavy atom. The summed E-state index contributed by atoms with van der Waals surface area (Å²) in [4.78, 5) is 0. The van der Waals surface area contributed by atoms with E-state index in [-0.39, 0.29) is 20.9 Å². The maximum Gasteiger partial charge on any atom is 0.416 e. The van der Waals surface area contributed by atoms with E-state index in [2.05, 4.69) is 5.10 Å². The van der Waals surface area contributed by atoms with E-state index in [1.54, 1.807) is 0 Å². The van der Waals surface area contributed by atoms with E-state index in [1.807, 2.05) is 0 Å². The van der Waals surface area contributed by atoms with Gasteiger partial charge >= 0.3 is 6.18 Å². The van der Waals surface area contributed by atoms with Gasteiger partial charge in [0, 0.05) is 0 Å². The molecular formula is C10H4Cl3F3N2. The predicted molar refractivity (Wildman–Crippen MR) is 63.6 cm³/mol. The Labute approximate surface area is 115 Å². The van der Waals surface area contributed by atoms with Crippen LogP contribution in [0.15, 0.2) is 24.4 Å². The first-order chi connectivity index (χ1) is 8.30. The van der Waals surface area contributed by atoms with Gasteiger partial charge in [0.15, 0.2) is 0 Å². The largest absolute Gasteiger partial charge is 0.416 e. The molecular weight excluding hydrogens is 311 g/mol. The highest BCUT2D eigenvalue weighted by atomic mass is 35.5. The first-order valence-corrected chi connectivity index (χ1v) is 5.70. The van der Waals surface area contributed by atoms with Crippen LogP contribution >= 0.6 is 34.8 Å². The van der Waals surface area contributed by atoms with Crippen LogP contribution in [-0.2, 0) is 6.18 Å². The molecule has 2 aromatic rings. The highest BCUT2D eigenvalue weighted by Crippen LogP contribution is 2.37. The van der Waals surface area contributed by atoms with E-state index in [9.17, 15) is 13.2 Å². The molecule has 0 aliphatic rings. The van der Waals surface area contributed by atoms with Gasteiger partial charge in [-0.25, -0.2) is 4.68 Å². The normalized spacial score (nSPS) is 11.9. The number of nitrogens with zero attached hydrogens (tertiary/aromatic N) is 2. The second-order valence-electron chi connectivity index (χ2n) is 3.35. The summed E-state index contributed by atoms with van der Waals surface area (Å²) in [6.45, 7) is 0. The van der Waals surface area contributed by atoms with Crippen LogP contribution in [0.5, 0.6) is 0 Å². The van der Waals surface area contributed by atoms with Gasteiger partial charge in [0.2, 0.25) is 0 Å². The molecule has 0 saturated heterocycles. The number of hydrogen-bond acceptors (Lipinski definition) is 1. The Morgan fingerprint density at radius 1 is 1.06 bits per heavy atom. The molecule has 0 unspecified atom stereocenters. The first kappa shape index (κ1) is 13.5. The van der Waals surface area contributed by atoms with Crippen LogP contribution in [0.4, 0.5) is 13.2 Å². The molecule has 0 aliphatic carbocycles. The topological polar surface area (TPSA) is 17.8 Å². The first-order valence-electron chi connectivity index (χ1n) is 4.57. The standard InChI is InChI=1S/C10H4Cl3F3N2/c11-6-3-5(10(14,15)16)4-7(12)9(6)18-8(13)1-2-17-18/h1-4H. The number of alkyl halides is 3. The number of benzene rings is 1. The summed E-state index contributed by atoms with van der Waals surface area (Å²) in [7, 11) is 0. The minimum atomic E-state index is -4.51. The number of rotatable bonds is 1. The molecule has 0 N–H and O–H groups in total. The molecule has 1 aromatic carbocycles. The summed E-state index contributed by atoms with van der Waals surface area (Å²) in [5, 5.41) is 3.67. The van der Waals surface area contributed by atoms with Crippen molar-refractivity contribution in [3.63, 3.8) is 0 Å². The molecule has 1 heterocycles. The van der Waals surface area contributed by atoms with E-state index in [0.29, 0.717) is 0 Å². The van der Waals surface area contributed by atoms with Gasteiger partial charge in [-0.2, -0.15) is 18.3 Å². The maximum absolute atomic E-state index is 12.5. The van der Waals surface area contributed by atoms with Crippen molar-refractivity contribution in [2.45, 2.75) is 6.18 Å². The number of aromatic nitrogens is 2. The molecule has 96 valence electrons. The van der Waals surface area contributed by atoms with Gasteiger partial charge in [0.1, 0.15) is 10.8 Å². The van der Waals surface area contributed by atoms with Gasteiger partial charge in [-0.3, -0.25) is 0 Å². The van der Waals surface area contributed by atoms with Gasteiger partial charge < -0.3 is 0 Å². The predicted octanol–water partition coefficient (Wildman–Crippen LogP) is 4.85. The van der Waals surface area contributed by atoms with Crippen LogP contribution in [0.2, 0.25) is 15.2 Å². The molecule has 8 heteroatoms. The van der Waals surface area contributed by atoms with Crippen molar-refractivity contribution < 1.29 is 13.2 Å². The second kappa shape index (κ2) is 4.64. The third kappa shape index (κ3) is 2.43. The Balaban J connectivity index is 2.62. The van der Waals surface area contributed by atoms with E-state index in [0.717, 1.165) is 16.8 Å². The summed E-state index contributed by atoms with van der Waals surface area (Å²) >= 11 is 17.4. The zero-order valence-electron chi connectivity index (χ0n) is 8.47. The highest BCUT2D eigenvalue weighted by molar-refractivity contribution is 6.38. The molecule has 1 aromatic heterocycles. The van der Waals surface area contributed by atoms with E-state index in [4.69, 9.17) is 34.8 Å². The van der Waals surface area contributed by atoms with Gasteiger partial charge in [0.25, 0.3) is 0 Å². The molecule has 0 saturated carbocycles. The Morgan fingerprint density at radius 2 is 1.61 bits per heavy atom. The van der Waals surface area contributed by atoms with Gasteiger partial charge in [0.05, 0.1) is 21.8 Å². The van der Waals surface area contributed by atoms with Gasteiger partial charge in [-0.05, 0) is 18.2 Å². The SMILES string of the molecule is FC(F)(F)c1cc(Cl)c(-n2nccc2Cl)c(Cl)c1. The van der Waals surface area contributed by atoms with Crippen LogP contribution in [0.1, 0.15) is 5.56 Å². The van der Waals surface area contributed by atoms with Crippen molar-refractivity contribution >= 4 is 34.8 Å². The van der Waals surface area contributed by atoms with Crippen LogP contribution in [0.25, 0.3) is 5.69 Å². The van der Waals surface area contributed by atoms with Crippen LogP contribution in [0.3, 0.4) is 0 Å². The summed E-state index contributed by atoms with van der Waals surface area (Å²) in [5.41, 5.74) is -0.814. The Bertz CT molecular complexity index is 569. The lowest BCUT2D eigenvalue weighted by atomic mass is 10.2. The zero-order valence-corrected chi connectivity index (χ0v) is 10.7. The lowest BCUT2D eigenvalue weighted by molar-refractivity contribution is -0.137. The molecule has 0 fully saturated rings. The summed E-state index contributed by atoms with van der Waals surface area (Å²) in [5.74, 6) is 0. The molecule has 0 aliphatic heterocycles. The average molecular weight is 316 g/mol. The maximum atomic E-state index is 12.5. The van der Waals surface area contributed by atoms with Gasteiger partial charge in [-0.15, -0.1) is 0 Å². The molecule has 2 nitrogen and oxygen atoms in total. The third-order valence-corrected chi connectivity index (χ3v) is 3.01. The Kier molecular flexibility index (Phi) is 3.49. The van der Waals surface area contributed by atoms with Crippen molar-refractivity contribution in [2.24, 2.45) is 0 Å². The summed E-state index contributed by atoms with van der Waals surface area (Å²) in [6.07, 6.45) is -3.13. The van der Waals surface area contributed by atoms with E-state index >= 15 is 0 Å². The monoisotopic (exact) mass is 314 g/mol. The van der Waals surface area contributed by atoms with Crippen molar-refractivity contribution in [3.05, 3.63) is 45.2 Å². The minimum Gasteiger partial charge on any atom is -0.219 e. The molecule has 0 spiro atoms. The van der Waals surface area contributed by atoms with Gasteiger partial charge in [-0.1, -0.05) is 34.8 Å². The lowest BCUT2D eigenvalue weighted by Crippen LogP contribution is -2.07. The quantitative estimate of drug-likeness (QED) is 0.735. The zero-order chi connectivity index (χ0) is 13.5. The summed E-state index contributed by atoms with van der Waals surface area (Å²) in [6, 6.07) is 3.02. The molecule has 0 radical (unpaired) electrons. The van der Waals surface area contributed by atoms with Crippen molar-refractivity contribution in [2.75, 3.05) is 0 Å². The fourth-order valence-corrected chi connectivity index (χ4v) is 2.21. The van der Waals surface area contributed by atoms with Crippen molar-refractivity contribution in [3.8, 4) is 5.69 Å². The fraction of sp³-hybridized carbons (Fsp3) is 0.100. The van der Waals surface area contributed by atoms with Crippen molar-refractivity contribution in [1.82, 2.24) is 9.78 Å². The molecule has 18 heavy (non-hydrogen) atoms. The van der Waals surface area contributed by atoms with Crippen LogP contribution in [0, 0.1) is 0 Å². The van der Waals surface area contributed by atoms with Crippen LogP contribution < -0.4 is 0 Å². The third-order valence-electron chi connectivity index (χ3n) is 2.15. The number of halogens is 6. The molecule has 2 rings (SSSR count). The summed E-state index contributed by atoms with van der Waals surface area (Å²) < 4.78 is 38.8. The highest BCUT2D eigenvalue weighted by Gasteiger charge is 2.32. The van der Waals surface area contributed by atoms with Crippen LogP contribution in [-0.4, -0.2) is 9.78 Å². The minimum absolute atomic E-state index is 0.112. The molecule has 0 amide bonds.